The van der Waals surface area contributed by atoms with Gasteiger partial charge in [-0.1, -0.05) is 66.7 Å². The van der Waals surface area contributed by atoms with Crippen molar-refractivity contribution in [2.75, 3.05) is 31.5 Å². The monoisotopic (exact) mass is 770 g/mol. The maximum atomic E-state index is 14.6. The van der Waals surface area contributed by atoms with Gasteiger partial charge in [0.05, 0.1) is 43.8 Å². The van der Waals surface area contributed by atoms with Crippen LogP contribution in [0.4, 0.5) is 5.69 Å². The zero-order valence-electron chi connectivity index (χ0n) is 31.3. The second-order valence-corrected chi connectivity index (χ2v) is 13.5. The lowest BCUT2D eigenvalue weighted by Crippen LogP contribution is -2.58. The molecule has 2 heterocycles. The molecule has 2 amide bonds. The Kier molecular flexibility index (Phi) is 12.1. The fourth-order valence-electron chi connectivity index (χ4n) is 7.03. The fraction of sp³-hybridized carbons (Fsp3) is 0.244. The average Bonchev–Trinajstić information content (AvgIpc) is 3.71. The largest absolute Gasteiger partial charge is 0.493 e. The van der Waals surface area contributed by atoms with Gasteiger partial charge in [-0.25, -0.2) is 0 Å². The van der Waals surface area contributed by atoms with Crippen LogP contribution in [0.2, 0.25) is 0 Å². The summed E-state index contributed by atoms with van der Waals surface area (Å²) in [6.07, 6.45) is -1.47. The van der Waals surface area contributed by atoms with Crippen molar-refractivity contribution in [1.82, 2.24) is 5.32 Å². The smallest absolute Gasteiger partial charge is 0.310 e. The Hall–Kier alpha value is -6.66. The van der Waals surface area contributed by atoms with E-state index in [1.807, 2.05) is 42.5 Å². The average molecular weight is 771 g/mol. The van der Waals surface area contributed by atoms with Gasteiger partial charge in [0.25, 0.3) is 11.8 Å². The van der Waals surface area contributed by atoms with Gasteiger partial charge in [-0.2, -0.15) is 0 Å². The molecule has 7 rings (SSSR count). The molecule has 0 spiro atoms. The molecular formula is C45H42N2O10. The molecule has 5 aromatic carbocycles. The highest BCUT2D eigenvalue weighted by molar-refractivity contribution is 6.08. The SMILES string of the molecule is CCOC(=O)C[C@H]1[C@H](OC(=O)Cc2ccc3c(c2)OCO3)[C@@H](NC(=O)c2ccc(-c3ccccc3)cc2)c2cc(OCCCO)ccc2N1C(=O)c1ccccc1. The molecule has 0 unspecified atom stereocenters. The minimum Gasteiger partial charge on any atom is -0.493 e. The molecule has 57 heavy (non-hydrogen) atoms. The second-order valence-electron chi connectivity index (χ2n) is 13.5. The van der Waals surface area contributed by atoms with E-state index in [0.29, 0.717) is 51.6 Å². The van der Waals surface area contributed by atoms with Gasteiger partial charge in [0.15, 0.2) is 11.5 Å². The van der Waals surface area contributed by atoms with Crippen molar-refractivity contribution in [3.8, 4) is 28.4 Å². The number of rotatable bonds is 14. The van der Waals surface area contributed by atoms with Crippen molar-refractivity contribution in [3.05, 3.63) is 144 Å². The number of carbonyl (C=O) groups excluding carboxylic acids is 4. The lowest BCUT2D eigenvalue weighted by molar-refractivity contribution is -0.154. The number of ether oxygens (including phenoxy) is 5. The van der Waals surface area contributed by atoms with E-state index in [1.165, 1.54) is 4.90 Å². The minimum atomic E-state index is -1.30. The van der Waals surface area contributed by atoms with Crippen LogP contribution in [0, 0.1) is 0 Å². The molecule has 2 N–H and O–H groups in total. The summed E-state index contributed by atoms with van der Waals surface area (Å²) in [5.74, 6) is -0.801. The Morgan fingerprint density at radius 1 is 0.789 bits per heavy atom. The summed E-state index contributed by atoms with van der Waals surface area (Å²) in [4.78, 5) is 57.7. The van der Waals surface area contributed by atoms with Gasteiger partial charge in [0.2, 0.25) is 6.79 Å². The van der Waals surface area contributed by atoms with Gasteiger partial charge in [-0.15, -0.1) is 0 Å². The molecule has 2 aliphatic heterocycles. The van der Waals surface area contributed by atoms with Gasteiger partial charge in [-0.3, -0.25) is 19.2 Å². The van der Waals surface area contributed by atoms with Crippen molar-refractivity contribution in [2.45, 2.75) is 44.4 Å². The van der Waals surface area contributed by atoms with E-state index in [9.17, 15) is 24.3 Å². The van der Waals surface area contributed by atoms with E-state index in [0.717, 1.165) is 11.1 Å². The second kappa shape index (κ2) is 17.9. The van der Waals surface area contributed by atoms with E-state index in [2.05, 4.69) is 5.32 Å². The van der Waals surface area contributed by atoms with Crippen molar-refractivity contribution in [1.29, 1.82) is 0 Å². The van der Waals surface area contributed by atoms with Gasteiger partial charge in [0.1, 0.15) is 11.9 Å². The number of hydrogen-bond acceptors (Lipinski definition) is 10. The zero-order valence-corrected chi connectivity index (χ0v) is 31.3. The first-order chi connectivity index (χ1) is 27.8. The summed E-state index contributed by atoms with van der Waals surface area (Å²) in [6, 6.07) is 33.4. The number of nitrogens with one attached hydrogen (secondary N) is 1. The third-order valence-corrected chi connectivity index (χ3v) is 9.72. The summed E-state index contributed by atoms with van der Waals surface area (Å²) < 4.78 is 28.6. The number of aliphatic hydroxyl groups excluding tert-OH is 1. The number of carbonyl (C=O) groups is 4. The molecule has 0 saturated carbocycles. The van der Waals surface area contributed by atoms with Crippen LogP contribution in [0.25, 0.3) is 11.1 Å². The number of esters is 2. The molecule has 0 aromatic heterocycles. The molecule has 3 atom stereocenters. The molecular weight excluding hydrogens is 728 g/mol. The molecule has 0 aliphatic carbocycles. The van der Waals surface area contributed by atoms with Crippen molar-refractivity contribution in [3.63, 3.8) is 0 Å². The molecule has 12 nitrogen and oxygen atoms in total. The highest BCUT2D eigenvalue weighted by atomic mass is 16.7. The Labute approximate surface area is 329 Å². The molecule has 0 bridgehead atoms. The predicted molar refractivity (Wildman–Crippen MR) is 210 cm³/mol. The van der Waals surface area contributed by atoms with Crippen LogP contribution in [0.1, 0.15) is 57.7 Å². The van der Waals surface area contributed by atoms with E-state index in [-0.39, 0.29) is 39.5 Å². The van der Waals surface area contributed by atoms with Crippen LogP contribution >= 0.6 is 0 Å². The van der Waals surface area contributed by atoms with E-state index in [1.54, 1.807) is 85.8 Å². The Morgan fingerprint density at radius 2 is 1.51 bits per heavy atom. The fourth-order valence-corrected chi connectivity index (χ4v) is 7.03. The number of aliphatic hydroxyl groups is 1. The molecule has 292 valence electrons. The number of nitrogens with zero attached hydrogens (tertiary/aromatic N) is 1. The third-order valence-electron chi connectivity index (χ3n) is 9.72. The standard InChI is InChI=1S/C45H42N2O10/c1-2-53-40(49)27-37-43(57-41(50)25-29-14-21-38-39(24-29)56-28-55-38)42(46-44(51)32-17-15-31(16-18-32)30-10-5-3-6-11-30)35-26-34(54-23-9-22-48)19-20-36(35)47(37)45(52)33-12-7-4-8-13-33/h3-8,10-21,24,26,37,42-43,48H,2,9,22-23,25,27-28H2,1H3,(H,46,51)/t37-,42-,43-/m0/s1. The quantitative estimate of drug-likeness (QED) is 0.0953. The van der Waals surface area contributed by atoms with Crippen molar-refractivity contribution < 1.29 is 48.0 Å². The minimum absolute atomic E-state index is 0.0631. The third kappa shape index (κ3) is 8.92. The lowest BCUT2D eigenvalue weighted by atomic mass is 9.85. The Balaban J connectivity index is 1.32. The normalized spacial score (nSPS) is 16.6. The summed E-state index contributed by atoms with van der Waals surface area (Å²) in [7, 11) is 0. The number of fused-ring (bicyclic) bond motifs is 2. The van der Waals surface area contributed by atoms with Gasteiger partial charge < -0.3 is 39.0 Å². The number of amides is 2. The maximum Gasteiger partial charge on any atom is 0.310 e. The van der Waals surface area contributed by atoms with E-state index >= 15 is 0 Å². The van der Waals surface area contributed by atoms with Crippen molar-refractivity contribution in [2.24, 2.45) is 0 Å². The van der Waals surface area contributed by atoms with Crippen molar-refractivity contribution >= 4 is 29.4 Å². The van der Waals surface area contributed by atoms with Gasteiger partial charge in [-0.05, 0) is 78.2 Å². The number of anilines is 1. The Bertz CT molecular complexity index is 2210. The molecule has 0 fully saturated rings. The topological polar surface area (TPSA) is 150 Å². The first-order valence-corrected chi connectivity index (χ1v) is 18.8. The van der Waals surface area contributed by atoms with Crippen LogP contribution in [0.5, 0.6) is 17.2 Å². The van der Waals surface area contributed by atoms with Gasteiger partial charge in [0, 0.05) is 29.7 Å². The van der Waals surface area contributed by atoms with Crippen LogP contribution in [-0.2, 0) is 25.5 Å². The van der Waals surface area contributed by atoms with Crippen LogP contribution < -0.4 is 24.4 Å². The lowest BCUT2D eigenvalue weighted by Gasteiger charge is -2.45. The predicted octanol–water partition coefficient (Wildman–Crippen LogP) is 6.45. The summed E-state index contributed by atoms with van der Waals surface area (Å²) in [6.45, 7) is 1.94. The molecule has 0 saturated heterocycles. The summed E-state index contributed by atoms with van der Waals surface area (Å²) in [5, 5.41) is 12.5. The molecule has 2 aliphatic rings. The highest BCUT2D eigenvalue weighted by Gasteiger charge is 2.48. The first kappa shape index (κ1) is 38.6. The van der Waals surface area contributed by atoms with Crippen LogP contribution in [0.15, 0.2) is 121 Å². The van der Waals surface area contributed by atoms with E-state index < -0.39 is 41.9 Å². The highest BCUT2D eigenvalue weighted by Crippen LogP contribution is 2.43. The molecule has 5 aromatic rings. The van der Waals surface area contributed by atoms with E-state index in [4.69, 9.17) is 23.7 Å². The van der Waals surface area contributed by atoms with Gasteiger partial charge >= 0.3 is 11.9 Å². The summed E-state index contributed by atoms with van der Waals surface area (Å²) in [5.41, 5.74) is 3.93. The van der Waals surface area contributed by atoms with Crippen LogP contribution in [0.3, 0.4) is 0 Å². The first-order valence-electron chi connectivity index (χ1n) is 18.8. The Morgan fingerprint density at radius 3 is 2.25 bits per heavy atom. The summed E-state index contributed by atoms with van der Waals surface area (Å²) >= 11 is 0. The maximum absolute atomic E-state index is 14.6. The van der Waals surface area contributed by atoms with Crippen LogP contribution in [-0.4, -0.2) is 67.6 Å². The molecule has 12 heteroatoms. The number of benzene rings is 5. The number of hydrogen-bond donors (Lipinski definition) is 2. The molecule has 0 radical (unpaired) electrons. The zero-order chi connectivity index (χ0) is 39.7.